The molecule has 1 N–H and O–H groups in total. The van der Waals surface area contributed by atoms with Crippen LogP contribution in [0.25, 0.3) is 0 Å². The highest BCUT2D eigenvalue weighted by Gasteiger charge is 2.35. The monoisotopic (exact) mass is 306 g/mol. The van der Waals surface area contributed by atoms with Gasteiger partial charge in [0.1, 0.15) is 6.04 Å². The lowest BCUT2D eigenvalue weighted by Crippen LogP contribution is -2.40. The number of rotatable bonds is 4. The van der Waals surface area contributed by atoms with Crippen LogP contribution in [0.15, 0.2) is 23.7 Å². The van der Waals surface area contributed by atoms with Gasteiger partial charge in [-0.3, -0.25) is 4.79 Å². The summed E-state index contributed by atoms with van der Waals surface area (Å²) in [6.45, 7) is 1.01. The molecule has 7 nitrogen and oxygen atoms in total. The van der Waals surface area contributed by atoms with Gasteiger partial charge >= 0.3 is 5.97 Å². The molecule has 1 saturated heterocycles. The number of carboxylic acid groups (broad SMARTS) is 1. The van der Waals surface area contributed by atoms with Crippen LogP contribution in [0.3, 0.4) is 0 Å². The van der Waals surface area contributed by atoms with Gasteiger partial charge in [0.05, 0.1) is 12.7 Å². The van der Waals surface area contributed by atoms with Crippen molar-refractivity contribution in [3.63, 3.8) is 0 Å². The number of thiophene rings is 1. The molecule has 0 spiro atoms. The third-order valence-corrected chi connectivity index (χ3v) is 4.32. The van der Waals surface area contributed by atoms with Gasteiger partial charge in [-0.25, -0.2) is 9.48 Å². The number of aliphatic carboxylic acids is 1. The minimum absolute atomic E-state index is 0.194. The number of carbonyl (C=O) groups is 2. The predicted molar refractivity (Wildman–Crippen MR) is 75.1 cm³/mol. The molecule has 21 heavy (non-hydrogen) atoms. The molecule has 8 heteroatoms. The maximum absolute atomic E-state index is 12.3. The van der Waals surface area contributed by atoms with Gasteiger partial charge in [-0.15, -0.1) is 16.4 Å². The van der Waals surface area contributed by atoms with E-state index in [1.54, 1.807) is 22.2 Å². The highest BCUT2D eigenvalue weighted by Crippen LogP contribution is 2.19. The molecular weight excluding hydrogens is 292 g/mol. The second-order valence-corrected chi connectivity index (χ2v) is 5.91. The molecular formula is C13H14N4O3S. The Bertz CT molecular complexity index is 652. The average Bonchev–Trinajstić information content (AvgIpc) is 3.19. The zero-order valence-electron chi connectivity index (χ0n) is 11.2. The molecule has 0 aromatic carbocycles. The predicted octanol–water partition coefficient (Wildman–Crippen LogP) is 1.08. The quantitative estimate of drug-likeness (QED) is 0.913. The van der Waals surface area contributed by atoms with Crippen molar-refractivity contribution in [3.05, 3.63) is 34.3 Å². The van der Waals surface area contributed by atoms with Gasteiger partial charge in [-0.2, -0.15) is 0 Å². The summed E-state index contributed by atoms with van der Waals surface area (Å²) >= 11 is 1.60. The van der Waals surface area contributed by atoms with Gasteiger partial charge in [0.25, 0.3) is 5.91 Å². The van der Waals surface area contributed by atoms with Crippen LogP contribution in [0.5, 0.6) is 0 Å². The Balaban J connectivity index is 1.73. The van der Waals surface area contributed by atoms with Crippen molar-refractivity contribution >= 4 is 23.2 Å². The van der Waals surface area contributed by atoms with Crippen LogP contribution < -0.4 is 0 Å². The molecule has 2 aromatic rings. The molecule has 1 unspecified atom stereocenters. The molecule has 110 valence electrons. The fourth-order valence-corrected chi connectivity index (χ4v) is 3.15. The van der Waals surface area contributed by atoms with Crippen molar-refractivity contribution in [1.82, 2.24) is 19.9 Å². The number of hydrogen-bond acceptors (Lipinski definition) is 5. The first kappa shape index (κ1) is 13.7. The van der Waals surface area contributed by atoms with Crippen LogP contribution in [0.2, 0.25) is 0 Å². The largest absolute Gasteiger partial charge is 0.480 e. The molecule has 1 aliphatic heterocycles. The molecule has 1 amide bonds. The number of hydrogen-bond donors (Lipinski definition) is 1. The third-order valence-electron chi connectivity index (χ3n) is 3.45. The Morgan fingerprint density at radius 2 is 2.33 bits per heavy atom. The summed E-state index contributed by atoms with van der Waals surface area (Å²) < 4.78 is 1.59. The van der Waals surface area contributed by atoms with E-state index in [-0.39, 0.29) is 11.6 Å². The van der Waals surface area contributed by atoms with Crippen molar-refractivity contribution in [2.45, 2.75) is 25.4 Å². The summed E-state index contributed by atoms with van der Waals surface area (Å²) in [4.78, 5) is 25.9. The Hall–Kier alpha value is -2.22. The summed E-state index contributed by atoms with van der Waals surface area (Å²) in [6, 6.07) is 3.18. The maximum Gasteiger partial charge on any atom is 0.326 e. The van der Waals surface area contributed by atoms with E-state index in [0.29, 0.717) is 25.9 Å². The van der Waals surface area contributed by atoms with Crippen LogP contribution in [-0.2, 0) is 11.3 Å². The highest BCUT2D eigenvalue weighted by atomic mass is 32.1. The molecule has 3 heterocycles. The van der Waals surface area contributed by atoms with Gasteiger partial charge in [0.2, 0.25) is 0 Å². The SMILES string of the molecule is O=C(O)C1CCCN1C(=O)c1cn(Cc2cccs2)nn1. The van der Waals surface area contributed by atoms with Crippen LogP contribution in [0.4, 0.5) is 0 Å². The maximum atomic E-state index is 12.3. The number of nitrogens with zero attached hydrogens (tertiary/aromatic N) is 4. The van der Waals surface area contributed by atoms with Crippen LogP contribution in [-0.4, -0.2) is 49.5 Å². The number of carbonyl (C=O) groups excluding carboxylic acids is 1. The van der Waals surface area contributed by atoms with Gasteiger partial charge in [0, 0.05) is 11.4 Å². The summed E-state index contributed by atoms with van der Waals surface area (Å²) in [5.41, 5.74) is 0.194. The number of likely N-dealkylation sites (tertiary alicyclic amines) is 1. The van der Waals surface area contributed by atoms with Crippen molar-refractivity contribution in [2.24, 2.45) is 0 Å². The van der Waals surface area contributed by atoms with Crippen molar-refractivity contribution in [1.29, 1.82) is 0 Å². The van der Waals surface area contributed by atoms with Crippen LogP contribution in [0, 0.1) is 0 Å². The van der Waals surface area contributed by atoms with E-state index in [9.17, 15) is 9.59 Å². The first-order chi connectivity index (χ1) is 10.1. The fraction of sp³-hybridized carbons (Fsp3) is 0.385. The summed E-state index contributed by atoms with van der Waals surface area (Å²) in [5, 5.41) is 18.9. The molecule has 0 saturated carbocycles. The van der Waals surface area contributed by atoms with E-state index >= 15 is 0 Å². The topological polar surface area (TPSA) is 88.3 Å². The Morgan fingerprint density at radius 3 is 3.05 bits per heavy atom. The summed E-state index contributed by atoms with van der Waals surface area (Å²) in [6.07, 6.45) is 2.76. The third kappa shape index (κ3) is 2.80. The van der Waals surface area contributed by atoms with E-state index in [2.05, 4.69) is 10.3 Å². The fourth-order valence-electron chi connectivity index (χ4n) is 2.45. The molecule has 0 aliphatic carbocycles. The summed E-state index contributed by atoms with van der Waals surface area (Å²) in [5.74, 6) is -1.33. The Labute approximate surface area is 124 Å². The normalized spacial score (nSPS) is 18.1. The molecule has 0 radical (unpaired) electrons. The standard InChI is InChI=1S/C13H14N4O3S/c18-12(17-5-1-4-11(17)13(19)20)10-8-16(15-14-10)7-9-3-2-6-21-9/h2-3,6,8,11H,1,4-5,7H2,(H,19,20). The molecule has 3 rings (SSSR count). The minimum Gasteiger partial charge on any atom is -0.480 e. The summed E-state index contributed by atoms with van der Waals surface area (Å²) in [7, 11) is 0. The Morgan fingerprint density at radius 1 is 1.48 bits per heavy atom. The van der Waals surface area contributed by atoms with Crippen molar-refractivity contribution in [2.75, 3.05) is 6.54 Å². The number of amides is 1. The van der Waals surface area contributed by atoms with E-state index < -0.39 is 12.0 Å². The second kappa shape index (κ2) is 5.65. The molecule has 1 atom stereocenters. The van der Waals surface area contributed by atoms with E-state index in [4.69, 9.17) is 5.11 Å². The van der Waals surface area contributed by atoms with Crippen molar-refractivity contribution < 1.29 is 14.7 Å². The number of aromatic nitrogens is 3. The first-order valence-electron chi connectivity index (χ1n) is 6.61. The van der Waals surface area contributed by atoms with Gasteiger partial charge in [-0.1, -0.05) is 11.3 Å². The molecule has 1 aliphatic rings. The van der Waals surface area contributed by atoms with Crippen LogP contribution >= 0.6 is 11.3 Å². The zero-order chi connectivity index (χ0) is 14.8. The number of carboxylic acids is 1. The first-order valence-corrected chi connectivity index (χ1v) is 7.49. The van der Waals surface area contributed by atoms with E-state index in [0.717, 1.165) is 4.88 Å². The zero-order valence-corrected chi connectivity index (χ0v) is 12.0. The minimum atomic E-state index is -0.966. The molecule has 2 aromatic heterocycles. The highest BCUT2D eigenvalue weighted by molar-refractivity contribution is 7.09. The van der Waals surface area contributed by atoms with Gasteiger partial charge in [0.15, 0.2) is 5.69 Å². The average molecular weight is 306 g/mol. The lowest BCUT2D eigenvalue weighted by atomic mass is 10.2. The second-order valence-electron chi connectivity index (χ2n) is 4.88. The lowest BCUT2D eigenvalue weighted by Gasteiger charge is -2.19. The lowest BCUT2D eigenvalue weighted by molar-refractivity contribution is -0.141. The van der Waals surface area contributed by atoms with Gasteiger partial charge < -0.3 is 10.0 Å². The smallest absolute Gasteiger partial charge is 0.326 e. The molecule has 0 bridgehead atoms. The van der Waals surface area contributed by atoms with Crippen LogP contribution in [0.1, 0.15) is 28.2 Å². The Kier molecular flexibility index (Phi) is 3.70. The molecule has 1 fully saturated rings. The van der Waals surface area contributed by atoms with Gasteiger partial charge in [-0.05, 0) is 24.3 Å². The van der Waals surface area contributed by atoms with Crippen molar-refractivity contribution in [3.8, 4) is 0 Å². The van der Waals surface area contributed by atoms with E-state index in [1.807, 2.05) is 17.5 Å². The van der Waals surface area contributed by atoms with E-state index in [1.165, 1.54) is 4.90 Å².